The average molecular weight is 329 g/mol. The lowest BCUT2D eigenvalue weighted by atomic mass is 9.92. The van der Waals surface area contributed by atoms with E-state index in [1.165, 1.54) is 5.56 Å². The van der Waals surface area contributed by atoms with Crippen LogP contribution in [0.3, 0.4) is 0 Å². The molecule has 1 saturated heterocycles. The largest absolute Gasteiger partial charge is 0.393 e. The van der Waals surface area contributed by atoms with Gasteiger partial charge in [-0.2, -0.15) is 5.10 Å². The SMILES string of the molecule is Cc1ccc(C[C@]2(CO)CN(C(=O)Cn3cccn3)CCO2)cc1. The zero-order valence-electron chi connectivity index (χ0n) is 13.9. The normalized spacial score (nSPS) is 21.0. The third kappa shape index (κ3) is 3.83. The highest BCUT2D eigenvalue weighted by Crippen LogP contribution is 2.23. The van der Waals surface area contributed by atoms with Crippen molar-refractivity contribution in [3.8, 4) is 0 Å². The number of rotatable bonds is 5. The summed E-state index contributed by atoms with van der Waals surface area (Å²) in [7, 11) is 0. The minimum Gasteiger partial charge on any atom is -0.393 e. The number of amides is 1. The van der Waals surface area contributed by atoms with Gasteiger partial charge >= 0.3 is 0 Å². The molecule has 1 aromatic carbocycles. The molecule has 2 heterocycles. The van der Waals surface area contributed by atoms with Gasteiger partial charge in [-0.15, -0.1) is 0 Å². The molecular formula is C18H23N3O3. The van der Waals surface area contributed by atoms with Gasteiger partial charge in [0, 0.05) is 25.4 Å². The molecule has 3 rings (SSSR count). The summed E-state index contributed by atoms with van der Waals surface area (Å²) in [5.74, 6) is -0.0104. The first-order chi connectivity index (χ1) is 11.6. The molecule has 1 aliphatic rings. The number of benzene rings is 1. The molecule has 1 aromatic heterocycles. The molecule has 0 radical (unpaired) electrons. The number of aliphatic hydroxyl groups excluding tert-OH is 1. The number of aryl methyl sites for hydroxylation is 1. The fourth-order valence-corrected chi connectivity index (χ4v) is 3.03. The van der Waals surface area contributed by atoms with Gasteiger partial charge < -0.3 is 14.7 Å². The zero-order valence-corrected chi connectivity index (χ0v) is 13.9. The molecule has 0 spiro atoms. The number of aliphatic hydroxyl groups is 1. The van der Waals surface area contributed by atoms with Gasteiger partial charge in [0.1, 0.15) is 12.1 Å². The van der Waals surface area contributed by atoms with Gasteiger partial charge in [-0.25, -0.2) is 0 Å². The van der Waals surface area contributed by atoms with E-state index in [9.17, 15) is 9.90 Å². The summed E-state index contributed by atoms with van der Waals surface area (Å²) in [5, 5.41) is 14.0. The van der Waals surface area contributed by atoms with Crippen molar-refractivity contribution in [1.29, 1.82) is 0 Å². The van der Waals surface area contributed by atoms with Gasteiger partial charge in [0.25, 0.3) is 0 Å². The summed E-state index contributed by atoms with van der Waals surface area (Å²) in [6.07, 6.45) is 4.00. The third-order valence-electron chi connectivity index (χ3n) is 4.39. The van der Waals surface area contributed by atoms with Gasteiger partial charge in [-0.05, 0) is 18.6 Å². The summed E-state index contributed by atoms with van der Waals surface area (Å²) in [6, 6.07) is 9.97. The minimum atomic E-state index is -0.743. The second kappa shape index (κ2) is 7.15. The van der Waals surface area contributed by atoms with Crippen molar-refractivity contribution >= 4 is 5.91 Å². The first kappa shape index (κ1) is 16.7. The predicted octanol–water partition coefficient (Wildman–Crippen LogP) is 1.02. The smallest absolute Gasteiger partial charge is 0.244 e. The second-order valence-electron chi connectivity index (χ2n) is 6.37. The summed E-state index contributed by atoms with van der Waals surface area (Å²) < 4.78 is 7.51. The van der Waals surface area contributed by atoms with Crippen LogP contribution < -0.4 is 0 Å². The Kier molecular flexibility index (Phi) is 4.97. The third-order valence-corrected chi connectivity index (χ3v) is 4.39. The van der Waals surface area contributed by atoms with Crippen molar-refractivity contribution in [2.75, 3.05) is 26.3 Å². The van der Waals surface area contributed by atoms with Crippen molar-refractivity contribution in [1.82, 2.24) is 14.7 Å². The molecular weight excluding hydrogens is 306 g/mol. The summed E-state index contributed by atoms with van der Waals surface area (Å²) >= 11 is 0. The Balaban J connectivity index is 1.69. The first-order valence-electron chi connectivity index (χ1n) is 8.16. The number of hydrogen-bond donors (Lipinski definition) is 1. The van der Waals surface area contributed by atoms with E-state index in [-0.39, 0.29) is 19.1 Å². The van der Waals surface area contributed by atoms with Gasteiger partial charge in [0.05, 0.1) is 19.8 Å². The molecule has 6 nitrogen and oxygen atoms in total. The van der Waals surface area contributed by atoms with E-state index in [0.29, 0.717) is 26.1 Å². The Morgan fingerprint density at radius 2 is 2.17 bits per heavy atom. The van der Waals surface area contributed by atoms with Crippen molar-refractivity contribution in [3.63, 3.8) is 0 Å². The van der Waals surface area contributed by atoms with E-state index >= 15 is 0 Å². The summed E-state index contributed by atoms with van der Waals surface area (Å²) in [5.41, 5.74) is 1.54. The number of carbonyl (C=O) groups is 1. The van der Waals surface area contributed by atoms with E-state index in [1.54, 1.807) is 28.0 Å². The quantitative estimate of drug-likeness (QED) is 0.889. The van der Waals surface area contributed by atoms with Crippen molar-refractivity contribution in [2.45, 2.75) is 25.5 Å². The van der Waals surface area contributed by atoms with E-state index in [2.05, 4.69) is 5.10 Å². The van der Waals surface area contributed by atoms with Crippen LogP contribution >= 0.6 is 0 Å². The van der Waals surface area contributed by atoms with Crippen LogP contribution in [0.5, 0.6) is 0 Å². The van der Waals surface area contributed by atoms with E-state index in [1.807, 2.05) is 31.2 Å². The molecule has 24 heavy (non-hydrogen) atoms. The molecule has 0 unspecified atom stereocenters. The number of nitrogens with zero attached hydrogens (tertiary/aromatic N) is 3. The Bertz CT molecular complexity index is 669. The van der Waals surface area contributed by atoms with Crippen LogP contribution in [0, 0.1) is 6.92 Å². The fourth-order valence-electron chi connectivity index (χ4n) is 3.03. The monoisotopic (exact) mass is 329 g/mol. The zero-order chi connectivity index (χ0) is 17.0. The van der Waals surface area contributed by atoms with Crippen LogP contribution in [0.4, 0.5) is 0 Å². The van der Waals surface area contributed by atoms with Crippen LogP contribution in [0.1, 0.15) is 11.1 Å². The van der Waals surface area contributed by atoms with Crippen molar-refractivity contribution in [2.24, 2.45) is 0 Å². The number of carbonyl (C=O) groups excluding carboxylic acids is 1. The molecule has 0 bridgehead atoms. The van der Waals surface area contributed by atoms with E-state index in [4.69, 9.17) is 4.74 Å². The van der Waals surface area contributed by atoms with Gasteiger partial charge in [0.15, 0.2) is 0 Å². The standard InChI is InChI=1S/C18H23N3O3/c1-15-3-5-16(6-4-15)11-18(14-22)13-20(9-10-24-18)17(23)12-21-8-2-7-19-21/h2-8,22H,9-14H2,1H3/t18-/m1/s1. The highest BCUT2D eigenvalue weighted by atomic mass is 16.5. The number of ether oxygens (including phenoxy) is 1. The average Bonchev–Trinajstić information content (AvgIpc) is 3.10. The Morgan fingerprint density at radius 1 is 1.38 bits per heavy atom. The number of aromatic nitrogens is 2. The Morgan fingerprint density at radius 3 is 2.83 bits per heavy atom. The Hall–Kier alpha value is -2.18. The minimum absolute atomic E-state index is 0.0104. The van der Waals surface area contributed by atoms with Crippen LogP contribution in [-0.2, 0) is 22.5 Å². The molecule has 1 N–H and O–H groups in total. The van der Waals surface area contributed by atoms with Crippen LogP contribution in [0.2, 0.25) is 0 Å². The first-order valence-corrected chi connectivity index (χ1v) is 8.16. The molecule has 1 atom stereocenters. The summed E-state index contributed by atoms with van der Waals surface area (Å²) in [6.45, 7) is 3.48. The molecule has 1 aliphatic heterocycles. The van der Waals surface area contributed by atoms with Crippen LogP contribution in [-0.4, -0.2) is 57.6 Å². The van der Waals surface area contributed by atoms with Gasteiger partial charge in [-0.1, -0.05) is 29.8 Å². The highest BCUT2D eigenvalue weighted by molar-refractivity contribution is 5.76. The molecule has 1 fully saturated rings. The molecule has 128 valence electrons. The Labute approximate surface area is 141 Å². The van der Waals surface area contributed by atoms with Crippen LogP contribution in [0.15, 0.2) is 42.7 Å². The van der Waals surface area contributed by atoms with Crippen molar-refractivity contribution in [3.05, 3.63) is 53.9 Å². The molecule has 1 amide bonds. The maximum absolute atomic E-state index is 12.5. The molecule has 0 saturated carbocycles. The van der Waals surface area contributed by atoms with Crippen molar-refractivity contribution < 1.29 is 14.6 Å². The number of morpholine rings is 1. The topological polar surface area (TPSA) is 67.6 Å². The molecule has 2 aromatic rings. The lowest BCUT2D eigenvalue weighted by molar-refractivity contribution is -0.158. The maximum Gasteiger partial charge on any atom is 0.244 e. The molecule has 0 aliphatic carbocycles. The maximum atomic E-state index is 12.5. The summed E-state index contributed by atoms with van der Waals surface area (Å²) in [4.78, 5) is 14.3. The van der Waals surface area contributed by atoms with Gasteiger partial charge in [-0.3, -0.25) is 9.48 Å². The predicted molar refractivity (Wildman–Crippen MR) is 89.5 cm³/mol. The molecule has 6 heteroatoms. The second-order valence-corrected chi connectivity index (χ2v) is 6.37. The lowest BCUT2D eigenvalue weighted by Crippen LogP contribution is -2.57. The number of hydrogen-bond acceptors (Lipinski definition) is 4. The highest BCUT2D eigenvalue weighted by Gasteiger charge is 2.38. The van der Waals surface area contributed by atoms with E-state index < -0.39 is 5.60 Å². The van der Waals surface area contributed by atoms with Crippen LogP contribution in [0.25, 0.3) is 0 Å². The lowest BCUT2D eigenvalue weighted by Gasteiger charge is -2.42. The van der Waals surface area contributed by atoms with E-state index in [0.717, 1.165) is 5.56 Å². The fraction of sp³-hybridized carbons (Fsp3) is 0.444. The van der Waals surface area contributed by atoms with Gasteiger partial charge in [0.2, 0.25) is 5.91 Å².